The number of hydrogen-bond acceptors (Lipinski definition) is 7. The van der Waals surface area contributed by atoms with Gasteiger partial charge in [0.2, 0.25) is 5.85 Å². The summed E-state index contributed by atoms with van der Waals surface area (Å²) in [7, 11) is 17.1. The first kappa shape index (κ1) is 22.4. The van der Waals surface area contributed by atoms with Gasteiger partial charge in [0.25, 0.3) is 5.56 Å². The Morgan fingerprint density at radius 2 is 2.11 bits per heavy atom. The molecule has 28 heavy (non-hydrogen) atoms. The molecule has 0 spiro atoms. The molecule has 2 rings (SSSR count). The smallest absolute Gasteiger partial charge is 0.330 e. The number of aromatic amines is 1. The Morgan fingerprint density at radius 1 is 1.54 bits per heavy atom. The standard InChI is InChI=1S/C15H19B3FN3O6/c1-6(2)9(20)11(25)27-15(17,18)13(19)4-8(23)14(16,28-13)22-5-7(3)10(24)21-12(22)26/h5-6,8-9,23H,4,20H2,1-3H3,(H,21,24,26)/t8-,9+,13+,14+/m1/s1. The van der Waals surface area contributed by atoms with Crippen LogP contribution in [0.25, 0.3) is 0 Å². The minimum absolute atomic E-state index is 0.0395. The number of esters is 1. The zero-order valence-corrected chi connectivity index (χ0v) is 15.6. The van der Waals surface area contributed by atoms with Gasteiger partial charge >= 0.3 is 11.7 Å². The maximum atomic E-state index is 15.4. The zero-order chi connectivity index (χ0) is 21.7. The molecule has 1 aromatic heterocycles. The van der Waals surface area contributed by atoms with E-state index >= 15 is 4.39 Å². The zero-order valence-electron chi connectivity index (χ0n) is 15.6. The number of ether oxygens (including phenoxy) is 2. The highest BCUT2D eigenvalue weighted by molar-refractivity contribution is 6.40. The summed E-state index contributed by atoms with van der Waals surface area (Å²) >= 11 is 0. The summed E-state index contributed by atoms with van der Waals surface area (Å²) < 4.78 is 25.9. The molecular weight excluding hydrogens is 370 g/mol. The van der Waals surface area contributed by atoms with E-state index in [-0.39, 0.29) is 11.5 Å². The number of hydrogen-bond donors (Lipinski definition) is 3. The average molecular weight is 389 g/mol. The van der Waals surface area contributed by atoms with Crippen molar-refractivity contribution in [1.29, 1.82) is 0 Å². The second-order valence-corrected chi connectivity index (χ2v) is 7.23. The Balaban J connectivity index is 2.39. The van der Waals surface area contributed by atoms with Gasteiger partial charge in [-0.15, -0.1) is 0 Å². The molecule has 9 nitrogen and oxygen atoms in total. The third kappa shape index (κ3) is 3.70. The Hall–Kier alpha value is -1.85. The van der Waals surface area contributed by atoms with E-state index in [2.05, 4.69) is 0 Å². The number of carbonyl (C=O) groups excluding carboxylic acids is 1. The van der Waals surface area contributed by atoms with Gasteiger partial charge in [-0.1, -0.05) is 13.8 Å². The first-order valence-corrected chi connectivity index (χ1v) is 8.40. The minimum atomic E-state index is -3.18. The maximum absolute atomic E-state index is 15.4. The number of H-pyrrole nitrogens is 1. The molecule has 4 N–H and O–H groups in total. The Morgan fingerprint density at radius 3 is 2.64 bits per heavy atom. The Labute approximate surface area is 164 Å². The summed E-state index contributed by atoms with van der Waals surface area (Å²) in [6.07, 6.45) is -1.80. The fraction of sp³-hybridized carbons (Fsp3) is 0.667. The first-order chi connectivity index (χ1) is 12.6. The summed E-state index contributed by atoms with van der Waals surface area (Å²) in [5.41, 5.74) is 1.41. The van der Waals surface area contributed by atoms with Crippen molar-refractivity contribution in [3.63, 3.8) is 0 Å². The predicted molar refractivity (Wildman–Crippen MR) is 98.5 cm³/mol. The van der Waals surface area contributed by atoms with E-state index in [9.17, 15) is 19.5 Å². The number of nitrogens with zero attached hydrogens (tertiary/aromatic N) is 1. The second kappa shape index (κ2) is 7.20. The molecule has 1 aliphatic rings. The molecule has 1 fully saturated rings. The van der Waals surface area contributed by atoms with Gasteiger partial charge in [-0.05, 0) is 12.8 Å². The third-order valence-electron chi connectivity index (χ3n) is 4.60. The molecule has 0 amide bonds. The van der Waals surface area contributed by atoms with Crippen molar-refractivity contribution in [3.05, 3.63) is 32.6 Å². The summed E-state index contributed by atoms with van der Waals surface area (Å²) in [5.74, 6) is -4.64. The van der Waals surface area contributed by atoms with E-state index in [0.29, 0.717) is 4.57 Å². The van der Waals surface area contributed by atoms with E-state index in [1.54, 1.807) is 13.8 Å². The van der Waals surface area contributed by atoms with Crippen molar-refractivity contribution in [2.45, 2.75) is 56.2 Å². The van der Waals surface area contributed by atoms with Crippen LogP contribution >= 0.6 is 0 Å². The molecule has 0 bridgehead atoms. The number of carbonyl (C=O) groups is 1. The Bertz CT molecular complexity index is 891. The van der Waals surface area contributed by atoms with Crippen LogP contribution in [0.3, 0.4) is 0 Å². The summed E-state index contributed by atoms with van der Waals surface area (Å²) in [6, 6.07) is -1.14. The van der Waals surface area contributed by atoms with Crippen LogP contribution in [0, 0.1) is 12.8 Å². The van der Waals surface area contributed by atoms with Crippen LogP contribution in [-0.2, 0) is 19.9 Å². The number of rotatable bonds is 5. The first-order valence-electron chi connectivity index (χ1n) is 8.40. The van der Waals surface area contributed by atoms with Crippen molar-refractivity contribution in [2.75, 3.05) is 0 Å². The molecule has 6 radical (unpaired) electrons. The highest BCUT2D eigenvalue weighted by Crippen LogP contribution is 2.45. The fourth-order valence-corrected chi connectivity index (χ4v) is 2.62. The molecule has 4 atom stereocenters. The number of aliphatic hydroxyl groups is 1. The lowest BCUT2D eigenvalue weighted by Gasteiger charge is -2.40. The minimum Gasteiger partial charge on any atom is -0.473 e. The molecule has 0 saturated carbocycles. The quantitative estimate of drug-likeness (QED) is 0.377. The van der Waals surface area contributed by atoms with E-state index in [4.69, 9.17) is 38.7 Å². The van der Waals surface area contributed by atoms with Gasteiger partial charge in [-0.25, -0.2) is 9.18 Å². The number of aryl methyl sites for hydroxylation is 1. The number of aliphatic hydroxyl groups excluding tert-OH is 1. The van der Waals surface area contributed by atoms with Crippen LogP contribution in [0.4, 0.5) is 4.39 Å². The van der Waals surface area contributed by atoms with Crippen LogP contribution in [0.1, 0.15) is 25.8 Å². The van der Waals surface area contributed by atoms with Crippen molar-refractivity contribution in [2.24, 2.45) is 11.7 Å². The van der Waals surface area contributed by atoms with E-state index in [1.807, 2.05) is 4.98 Å². The third-order valence-corrected chi connectivity index (χ3v) is 4.60. The highest BCUT2D eigenvalue weighted by atomic mass is 19.2. The van der Waals surface area contributed by atoms with Crippen LogP contribution in [0.2, 0.25) is 0 Å². The second-order valence-electron chi connectivity index (χ2n) is 7.23. The van der Waals surface area contributed by atoms with Crippen LogP contribution in [0.15, 0.2) is 15.8 Å². The maximum Gasteiger partial charge on any atom is 0.330 e. The van der Waals surface area contributed by atoms with E-state index in [1.165, 1.54) is 6.92 Å². The van der Waals surface area contributed by atoms with Crippen molar-refractivity contribution in [3.8, 4) is 0 Å². The predicted octanol–water partition coefficient (Wildman–Crippen LogP) is -2.41. The molecular formula is C15H19B3FN3O6. The molecule has 0 unspecified atom stereocenters. The lowest BCUT2D eigenvalue weighted by Crippen LogP contribution is -2.59. The molecule has 13 heteroatoms. The fourth-order valence-electron chi connectivity index (χ4n) is 2.62. The molecule has 1 saturated heterocycles. The van der Waals surface area contributed by atoms with Crippen molar-refractivity contribution < 1.29 is 23.8 Å². The van der Waals surface area contributed by atoms with Crippen molar-refractivity contribution in [1.82, 2.24) is 9.55 Å². The van der Waals surface area contributed by atoms with Gasteiger partial charge in [-0.2, -0.15) is 0 Å². The largest absolute Gasteiger partial charge is 0.473 e. The monoisotopic (exact) mass is 389 g/mol. The summed E-state index contributed by atoms with van der Waals surface area (Å²) in [4.78, 5) is 37.6. The number of halogens is 1. The highest BCUT2D eigenvalue weighted by Gasteiger charge is 2.62. The molecule has 0 aliphatic carbocycles. The molecule has 1 aromatic rings. The number of nitrogens with two attached hydrogens (primary N) is 1. The van der Waals surface area contributed by atoms with Gasteiger partial charge in [-0.3, -0.25) is 19.1 Å². The van der Waals surface area contributed by atoms with Crippen molar-refractivity contribution >= 4 is 29.5 Å². The van der Waals surface area contributed by atoms with Gasteiger partial charge in [0, 0.05) is 18.2 Å². The summed E-state index contributed by atoms with van der Waals surface area (Å²) in [6.45, 7) is 4.60. The van der Waals surface area contributed by atoms with Gasteiger partial charge < -0.3 is 20.3 Å². The van der Waals surface area contributed by atoms with Crippen LogP contribution in [0.5, 0.6) is 0 Å². The number of alkyl halides is 1. The van der Waals surface area contributed by atoms with E-state index in [0.717, 1.165) is 6.20 Å². The average Bonchev–Trinajstić information content (AvgIpc) is 2.81. The molecule has 0 aromatic carbocycles. The molecule has 1 aliphatic heterocycles. The summed E-state index contributed by atoms with van der Waals surface area (Å²) in [5, 5.41) is 7.41. The van der Waals surface area contributed by atoms with Crippen LogP contribution in [-0.4, -0.2) is 67.6 Å². The van der Waals surface area contributed by atoms with E-state index < -0.39 is 52.7 Å². The van der Waals surface area contributed by atoms with Gasteiger partial charge in [0.1, 0.15) is 35.2 Å². The number of nitrogens with one attached hydrogen (secondary N) is 1. The molecule has 2 heterocycles. The lowest BCUT2D eigenvalue weighted by atomic mass is 9.59. The van der Waals surface area contributed by atoms with Crippen LogP contribution < -0.4 is 17.0 Å². The SMILES string of the molecule is [B]C([B])(OC(=O)[C@@H](N)C(C)C)[C@]1(F)C[C@@H](O)[C@]([B])(n2cc(C)c(=O)[nH]c2=O)O1. The Kier molecular flexibility index (Phi) is 5.77. The topological polar surface area (TPSA) is 137 Å². The lowest BCUT2D eigenvalue weighted by molar-refractivity contribution is -0.232. The van der Waals surface area contributed by atoms with Gasteiger partial charge in [0.15, 0.2) is 0 Å². The normalized spacial score (nSPS) is 29.0. The molecule has 146 valence electrons. The van der Waals surface area contributed by atoms with Gasteiger partial charge in [0.05, 0.1) is 11.5 Å². The number of aromatic nitrogens is 2.